The largest absolute Gasteiger partial charge is 0.308 e. The highest BCUT2D eigenvalue weighted by atomic mass is 14.8. The van der Waals surface area contributed by atoms with Gasteiger partial charge < -0.3 is 5.32 Å². The van der Waals surface area contributed by atoms with Crippen LogP contribution >= 0.6 is 0 Å². The molecule has 0 heterocycles. The van der Waals surface area contributed by atoms with Crippen molar-refractivity contribution in [1.82, 2.24) is 5.32 Å². The first-order valence-electron chi connectivity index (χ1n) is 6.09. The maximum Gasteiger partial charge on any atom is 0.0957 e. The third-order valence-corrected chi connectivity index (χ3v) is 2.80. The summed E-state index contributed by atoms with van der Waals surface area (Å²) < 4.78 is 0. The predicted molar refractivity (Wildman–Crippen MR) is 73.6 cm³/mol. The predicted octanol–water partition coefficient (Wildman–Crippen LogP) is 2.97. The van der Waals surface area contributed by atoms with E-state index in [9.17, 15) is 0 Å². The summed E-state index contributed by atoms with van der Waals surface area (Å²) in [7, 11) is 0. The summed E-state index contributed by atoms with van der Waals surface area (Å²) in [4.78, 5) is 0. The number of nitrogens with one attached hydrogen (secondary N) is 1. The zero-order valence-corrected chi connectivity index (χ0v) is 10.2. The zero-order chi connectivity index (χ0) is 12.6. The zero-order valence-electron chi connectivity index (χ0n) is 10.2. The lowest BCUT2D eigenvalue weighted by Crippen LogP contribution is -2.16. The molecule has 0 spiro atoms. The first kappa shape index (κ1) is 12.3. The van der Waals surface area contributed by atoms with Gasteiger partial charge in [-0.3, -0.25) is 0 Å². The molecule has 18 heavy (non-hydrogen) atoms. The molecule has 2 rings (SSSR count). The van der Waals surface area contributed by atoms with Crippen molar-refractivity contribution in [2.45, 2.75) is 6.54 Å². The maximum absolute atomic E-state index is 9.08. The normalized spacial score (nSPS) is 14.9. The minimum absolute atomic E-state index is 0.276. The Labute approximate surface area is 108 Å². The molecule has 1 N–H and O–H groups in total. The Balaban J connectivity index is 1.83. The molecule has 2 heteroatoms. The molecule has 0 saturated carbocycles. The minimum Gasteiger partial charge on any atom is -0.308 e. The van der Waals surface area contributed by atoms with Gasteiger partial charge in [-0.25, -0.2) is 0 Å². The Hall–Kier alpha value is -2.11. The SMILES string of the molecule is N#C/C(=C/C1C=CC=C1)CNCc1ccccc1. The highest BCUT2D eigenvalue weighted by Crippen LogP contribution is 2.12. The van der Waals surface area contributed by atoms with E-state index >= 15 is 0 Å². The summed E-state index contributed by atoms with van der Waals surface area (Å²) >= 11 is 0. The van der Waals surface area contributed by atoms with Gasteiger partial charge in [0, 0.05) is 24.6 Å². The van der Waals surface area contributed by atoms with Crippen LogP contribution in [0, 0.1) is 17.2 Å². The van der Waals surface area contributed by atoms with E-state index < -0.39 is 0 Å². The molecule has 0 amide bonds. The quantitative estimate of drug-likeness (QED) is 0.798. The van der Waals surface area contributed by atoms with Gasteiger partial charge in [-0.05, 0) is 5.56 Å². The van der Waals surface area contributed by atoms with Crippen molar-refractivity contribution >= 4 is 0 Å². The summed E-state index contributed by atoms with van der Waals surface area (Å²) in [5.41, 5.74) is 2.02. The van der Waals surface area contributed by atoms with Crippen LogP contribution in [0.15, 0.2) is 66.3 Å². The number of nitriles is 1. The van der Waals surface area contributed by atoms with Gasteiger partial charge >= 0.3 is 0 Å². The van der Waals surface area contributed by atoms with Crippen molar-refractivity contribution in [3.8, 4) is 6.07 Å². The van der Waals surface area contributed by atoms with Crippen LogP contribution < -0.4 is 5.32 Å². The number of hydrogen-bond donors (Lipinski definition) is 1. The number of allylic oxidation sites excluding steroid dienone is 5. The average molecular weight is 236 g/mol. The summed E-state index contributed by atoms with van der Waals surface area (Å²) in [5.74, 6) is 0.276. The molecule has 0 bridgehead atoms. The van der Waals surface area contributed by atoms with Crippen molar-refractivity contribution in [3.63, 3.8) is 0 Å². The van der Waals surface area contributed by atoms with E-state index in [4.69, 9.17) is 5.26 Å². The number of hydrogen-bond acceptors (Lipinski definition) is 2. The standard InChI is InChI=1S/C16H16N2/c17-11-16(10-14-6-4-5-7-14)13-18-12-15-8-2-1-3-9-15/h1-10,14,18H,12-13H2/b16-10-. The van der Waals surface area contributed by atoms with E-state index in [1.807, 2.05) is 36.4 Å². The Kier molecular flexibility index (Phi) is 4.52. The molecule has 1 aliphatic carbocycles. The molecule has 0 unspecified atom stereocenters. The van der Waals surface area contributed by atoms with Crippen LogP contribution in [0.25, 0.3) is 0 Å². The van der Waals surface area contributed by atoms with Crippen LogP contribution in [0.2, 0.25) is 0 Å². The van der Waals surface area contributed by atoms with Gasteiger partial charge in [0.15, 0.2) is 0 Å². The fourth-order valence-electron chi connectivity index (χ4n) is 1.87. The van der Waals surface area contributed by atoms with Gasteiger partial charge in [0.2, 0.25) is 0 Å². The van der Waals surface area contributed by atoms with E-state index in [1.54, 1.807) is 0 Å². The van der Waals surface area contributed by atoms with Crippen LogP contribution in [0.3, 0.4) is 0 Å². The molecule has 1 aliphatic rings. The molecule has 0 saturated heterocycles. The van der Waals surface area contributed by atoms with Crippen molar-refractivity contribution in [2.75, 3.05) is 6.54 Å². The lowest BCUT2D eigenvalue weighted by Gasteiger charge is -2.05. The molecule has 0 aliphatic heterocycles. The Bertz CT molecular complexity index is 492. The Morgan fingerprint density at radius 1 is 1.22 bits per heavy atom. The minimum atomic E-state index is 0.276. The Morgan fingerprint density at radius 2 is 1.94 bits per heavy atom. The highest BCUT2D eigenvalue weighted by Gasteiger charge is 2.02. The van der Waals surface area contributed by atoms with Gasteiger partial charge in [-0.1, -0.05) is 60.7 Å². The Morgan fingerprint density at radius 3 is 2.61 bits per heavy atom. The van der Waals surface area contributed by atoms with Gasteiger partial charge in [0.25, 0.3) is 0 Å². The first-order valence-corrected chi connectivity index (χ1v) is 6.09. The summed E-state index contributed by atoms with van der Waals surface area (Å²) in [6, 6.07) is 12.4. The van der Waals surface area contributed by atoms with Crippen molar-refractivity contribution < 1.29 is 0 Å². The fraction of sp³-hybridized carbons (Fsp3) is 0.188. The molecule has 0 atom stereocenters. The second-order valence-electron chi connectivity index (χ2n) is 4.24. The number of benzene rings is 1. The maximum atomic E-state index is 9.08. The van der Waals surface area contributed by atoms with Crippen LogP contribution in [0.1, 0.15) is 5.56 Å². The van der Waals surface area contributed by atoms with E-state index in [-0.39, 0.29) is 5.92 Å². The van der Waals surface area contributed by atoms with Crippen LogP contribution in [0.5, 0.6) is 0 Å². The molecule has 90 valence electrons. The topological polar surface area (TPSA) is 35.8 Å². The molecule has 2 nitrogen and oxygen atoms in total. The van der Waals surface area contributed by atoms with E-state index in [1.165, 1.54) is 5.56 Å². The smallest absolute Gasteiger partial charge is 0.0957 e. The summed E-state index contributed by atoms with van der Waals surface area (Å²) in [6.07, 6.45) is 10.2. The lowest BCUT2D eigenvalue weighted by atomic mass is 10.1. The fourth-order valence-corrected chi connectivity index (χ4v) is 1.87. The molecular formula is C16H16N2. The van der Waals surface area contributed by atoms with Crippen LogP contribution in [0.4, 0.5) is 0 Å². The molecule has 0 fully saturated rings. The second-order valence-corrected chi connectivity index (χ2v) is 4.24. The van der Waals surface area contributed by atoms with Crippen molar-refractivity contribution in [2.24, 2.45) is 5.92 Å². The third-order valence-electron chi connectivity index (χ3n) is 2.80. The number of nitrogens with zero attached hydrogens (tertiary/aromatic N) is 1. The lowest BCUT2D eigenvalue weighted by molar-refractivity contribution is 0.745. The first-order chi connectivity index (χ1) is 8.88. The van der Waals surface area contributed by atoms with Gasteiger partial charge in [0.05, 0.1) is 6.07 Å². The van der Waals surface area contributed by atoms with Crippen LogP contribution in [-0.2, 0) is 6.54 Å². The number of rotatable bonds is 5. The highest BCUT2D eigenvalue weighted by molar-refractivity contribution is 5.31. The van der Waals surface area contributed by atoms with Crippen molar-refractivity contribution in [1.29, 1.82) is 5.26 Å². The molecule has 0 aromatic heterocycles. The summed E-state index contributed by atoms with van der Waals surface area (Å²) in [6.45, 7) is 1.40. The molecular weight excluding hydrogens is 220 g/mol. The molecule has 0 radical (unpaired) electrons. The van der Waals surface area contributed by atoms with E-state index in [0.717, 1.165) is 12.1 Å². The third kappa shape index (κ3) is 3.73. The molecule has 1 aromatic carbocycles. The van der Waals surface area contributed by atoms with Crippen molar-refractivity contribution in [3.05, 3.63) is 71.8 Å². The average Bonchev–Trinajstić information content (AvgIpc) is 2.92. The van der Waals surface area contributed by atoms with Gasteiger partial charge in [-0.2, -0.15) is 5.26 Å². The monoisotopic (exact) mass is 236 g/mol. The molecule has 1 aromatic rings. The van der Waals surface area contributed by atoms with Crippen LogP contribution in [-0.4, -0.2) is 6.54 Å². The van der Waals surface area contributed by atoms with E-state index in [2.05, 4.69) is 35.7 Å². The van der Waals surface area contributed by atoms with E-state index in [0.29, 0.717) is 6.54 Å². The summed E-state index contributed by atoms with van der Waals surface area (Å²) in [5, 5.41) is 12.4. The van der Waals surface area contributed by atoms with Gasteiger partial charge in [-0.15, -0.1) is 0 Å². The second kappa shape index (κ2) is 6.58. The van der Waals surface area contributed by atoms with Gasteiger partial charge in [0.1, 0.15) is 0 Å².